The van der Waals surface area contributed by atoms with E-state index in [2.05, 4.69) is 34.8 Å². The molecule has 2 aromatic heterocycles. The lowest BCUT2D eigenvalue weighted by Gasteiger charge is -2.35. The lowest BCUT2D eigenvalue weighted by Crippen LogP contribution is -2.47. The van der Waals surface area contributed by atoms with Crippen LogP contribution in [0.25, 0.3) is 0 Å². The van der Waals surface area contributed by atoms with Crippen LogP contribution in [0.15, 0.2) is 42.9 Å². The first-order chi connectivity index (χ1) is 18.2. The Hall–Kier alpha value is -4.14. The van der Waals surface area contributed by atoms with Crippen LogP contribution in [0.4, 0.5) is 30.6 Å². The summed E-state index contributed by atoms with van der Waals surface area (Å²) in [6.45, 7) is 2.81. The van der Waals surface area contributed by atoms with Crippen molar-refractivity contribution in [2.75, 3.05) is 29.5 Å². The highest BCUT2D eigenvalue weighted by atomic mass is 19.4. The molecular weight excluding hydrogens is 509 g/mol. The number of alkyl halides is 3. The average Bonchev–Trinajstić information content (AvgIpc) is 3.61. The predicted octanol–water partition coefficient (Wildman–Crippen LogP) is 2.50. The van der Waals surface area contributed by atoms with Gasteiger partial charge in [-0.25, -0.2) is 9.97 Å². The van der Waals surface area contributed by atoms with E-state index >= 15 is 0 Å². The number of nitrogens with zero attached hydrogens (tertiary/aromatic N) is 7. The minimum atomic E-state index is -4.71. The van der Waals surface area contributed by atoms with Crippen molar-refractivity contribution in [3.8, 4) is 11.8 Å². The molecule has 0 radical (unpaired) electrons. The van der Waals surface area contributed by atoms with Gasteiger partial charge in [-0.1, -0.05) is 0 Å². The zero-order valence-corrected chi connectivity index (χ0v) is 19.9. The molecule has 12 nitrogen and oxygen atoms in total. The molecule has 0 aliphatic carbocycles. The number of fused-ring (bicyclic) bond motifs is 3. The molecule has 2 saturated heterocycles. The molecule has 2 unspecified atom stereocenters. The minimum absolute atomic E-state index is 0.0506. The topological polar surface area (TPSA) is 124 Å². The molecule has 15 heteroatoms. The zero-order chi connectivity index (χ0) is 26.4. The summed E-state index contributed by atoms with van der Waals surface area (Å²) in [4.78, 5) is 27.7. The number of halogens is 3. The van der Waals surface area contributed by atoms with Crippen molar-refractivity contribution in [3.63, 3.8) is 0 Å². The predicted molar refractivity (Wildman–Crippen MR) is 127 cm³/mol. The molecule has 0 amide bonds. The molecule has 3 atom stereocenters. The Labute approximate surface area is 214 Å². The van der Waals surface area contributed by atoms with Crippen LogP contribution in [-0.2, 0) is 13.1 Å². The van der Waals surface area contributed by atoms with Crippen LogP contribution in [0.2, 0.25) is 0 Å². The number of benzene rings is 1. The van der Waals surface area contributed by atoms with Crippen LogP contribution in [0.3, 0.4) is 0 Å². The largest absolute Gasteiger partial charge is 0.573 e. The Morgan fingerprint density at radius 1 is 1.11 bits per heavy atom. The summed E-state index contributed by atoms with van der Waals surface area (Å²) >= 11 is 0. The van der Waals surface area contributed by atoms with Gasteiger partial charge in [-0.2, -0.15) is 0 Å². The van der Waals surface area contributed by atoms with E-state index in [-0.39, 0.29) is 35.7 Å². The van der Waals surface area contributed by atoms with Gasteiger partial charge in [0.05, 0.1) is 12.1 Å². The van der Waals surface area contributed by atoms with Crippen LogP contribution < -0.4 is 24.6 Å². The van der Waals surface area contributed by atoms with E-state index in [0.717, 1.165) is 30.8 Å². The van der Waals surface area contributed by atoms with Gasteiger partial charge in [-0.15, -0.1) is 13.2 Å². The second-order valence-corrected chi connectivity index (χ2v) is 9.46. The van der Waals surface area contributed by atoms with Gasteiger partial charge < -0.3 is 34.7 Å². The molecule has 3 aromatic rings. The van der Waals surface area contributed by atoms with E-state index in [1.165, 1.54) is 18.3 Å². The monoisotopic (exact) mass is 532 g/mol. The third kappa shape index (κ3) is 4.88. The maximum absolute atomic E-state index is 12.4. The van der Waals surface area contributed by atoms with Crippen LogP contribution in [0.5, 0.6) is 11.8 Å². The van der Waals surface area contributed by atoms with Crippen molar-refractivity contribution in [2.24, 2.45) is 0 Å². The molecule has 1 aromatic carbocycles. The molecule has 0 saturated carbocycles. The van der Waals surface area contributed by atoms with E-state index in [4.69, 9.17) is 4.74 Å². The fourth-order valence-corrected chi connectivity index (χ4v) is 5.23. The van der Waals surface area contributed by atoms with E-state index in [1.807, 2.05) is 0 Å². The van der Waals surface area contributed by atoms with Crippen molar-refractivity contribution in [3.05, 3.63) is 58.5 Å². The molecule has 2 fully saturated rings. The highest BCUT2D eigenvalue weighted by Gasteiger charge is 2.44. The van der Waals surface area contributed by atoms with Gasteiger partial charge >= 0.3 is 18.2 Å². The van der Waals surface area contributed by atoms with Crippen LogP contribution >= 0.6 is 0 Å². The van der Waals surface area contributed by atoms with Gasteiger partial charge in [-0.05, 0) is 35.6 Å². The summed E-state index contributed by atoms with van der Waals surface area (Å²) in [7, 11) is 0. The van der Waals surface area contributed by atoms with Crippen molar-refractivity contribution < 1.29 is 27.6 Å². The Morgan fingerprint density at radius 2 is 1.82 bits per heavy atom. The summed E-state index contributed by atoms with van der Waals surface area (Å²) in [5.74, 6) is 0.171. The molecule has 200 valence electrons. The molecule has 0 spiro atoms. The Balaban J connectivity index is 1.01. The quantitative estimate of drug-likeness (QED) is 0.359. The number of imidazole rings is 1. The summed E-state index contributed by atoms with van der Waals surface area (Å²) in [5, 5.41) is 14.3. The van der Waals surface area contributed by atoms with Crippen molar-refractivity contribution >= 4 is 17.5 Å². The third-order valence-electron chi connectivity index (χ3n) is 6.93. The van der Waals surface area contributed by atoms with Gasteiger partial charge in [0.2, 0.25) is 5.95 Å². The van der Waals surface area contributed by atoms with Gasteiger partial charge in [-0.3, -0.25) is 4.57 Å². The SMILES string of the molecule is O=[N+]([O-])c1cn2c(n1)OC[C@@H](NCc1cnc(N3CC4CC3CN4c3ccc(OC(F)(F)F)cc3)nc1)C2. The normalized spacial score (nSPS) is 22.3. The first-order valence-electron chi connectivity index (χ1n) is 12.0. The van der Waals surface area contributed by atoms with E-state index in [9.17, 15) is 23.3 Å². The second kappa shape index (κ2) is 9.31. The molecule has 6 rings (SSSR count). The number of nitro groups is 1. The Kier molecular flexibility index (Phi) is 5.93. The summed E-state index contributed by atoms with van der Waals surface area (Å²) in [6.07, 6.45) is 1.12. The highest BCUT2D eigenvalue weighted by Crippen LogP contribution is 2.37. The second-order valence-electron chi connectivity index (χ2n) is 9.46. The summed E-state index contributed by atoms with van der Waals surface area (Å²) in [6, 6.07) is 6.59. The van der Waals surface area contributed by atoms with Crippen molar-refractivity contribution in [1.29, 1.82) is 0 Å². The lowest BCUT2D eigenvalue weighted by molar-refractivity contribution is -0.389. The number of hydrogen-bond acceptors (Lipinski definition) is 10. The molecule has 3 aliphatic rings. The zero-order valence-electron chi connectivity index (χ0n) is 19.9. The molecule has 3 aliphatic heterocycles. The van der Waals surface area contributed by atoms with Crippen molar-refractivity contribution in [1.82, 2.24) is 24.8 Å². The van der Waals surface area contributed by atoms with Gasteiger partial charge in [0.15, 0.2) is 0 Å². The Bertz CT molecular complexity index is 1320. The number of anilines is 2. The number of hydrogen-bond donors (Lipinski definition) is 1. The van der Waals surface area contributed by atoms with Crippen molar-refractivity contribution in [2.45, 2.75) is 44.0 Å². The van der Waals surface area contributed by atoms with E-state index < -0.39 is 11.3 Å². The fraction of sp³-hybridized carbons (Fsp3) is 0.435. The van der Waals surface area contributed by atoms with Gasteiger partial charge in [0.1, 0.15) is 18.6 Å². The molecule has 2 bridgehead atoms. The van der Waals surface area contributed by atoms with Crippen LogP contribution in [-0.4, -0.2) is 68.6 Å². The maximum atomic E-state index is 12.4. The first-order valence-corrected chi connectivity index (χ1v) is 12.0. The molecule has 1 N–H and O–H groups in total. The fourth-order valence-electron chi connectivity index (χ4n) is 5.23. The Morgan fingerprint density at radius 3 is 2.47 bits per heavy atom. The smallest absolute Gasteiger partial charge is 0.444 e. The molecule has 5 heterocycles. The number of aromatic nitrogens is 4. The summed E-state index contributed by atoms with van der Waals surface area (Å²) in [5.41, 5.74) is 1.75. The standard InChI is InChI=1S/C23H23F3N8O4/c24-23(25,26)38-19-3-1-16(2-4-19)32-10-18-5-17(32)11-33(18)21-28-7-14(8-29-21)6-27-15-9-31-12-20(34(35)36)30-22(31)37-13-15/h1-4,7-8,12,15,17-18,27H,5-6,9-11,13H2/t15-,17?,18?/m0/s1. The van der Waals surface area contributed by atoms with Gasteiger partial charge in [0, 0.05) is 60.8 Å². The van der Waals surface area contributed by atoms with Crippen LogP contribution in [0.1, 0.15) is 12.0 Å². The van der Waals surface area contributed by atoms with E-state index in [1.54, 1.807) is 29.1 Å². The number of nitrogens with one attached hydrogen (secondary N) is 1. The third-order valence-corrected chi connectivity index (χ3v) is 6.93. The number of ether oxygens (including phenoxy) is 2. The number of piperazine rings is 1. The molecular formula is C23H23F3N8O4. The highest BCUT2D eigenvalue weighted by molar-refractivity contribution is 5.55. The maximum Gasteiger partial charge on any atom is 0.573 e. The number of rotatable bonds is 7. The molecule has 38 heavy (non-hydrogen) atoms. The summed E-state index contributed by atoms with van der Waals surface area (Å²) < 4.78 is 48.4. The van der Waals surface area contributed by atoms with E-state index in [0.29, 0.717) is 25.6 Å². The minimum Gasteiger partial charge on any atom is -0.444 e. The van der Waals surface area contributed by atoms with Gasteiger partial charge in [0.25, 0.3) is 0 Å². The average molecular weight is 532 g/mol. The van der Waals surface area contributed by atoms with Crippen LogP contribution in [0, 0.1) is 10.1 Å². The first kappa shape index (κ1) is 24.2. The lowest BCUT2D eigenvalue weighted by atomic mass is 10.2.